The highest BCUT2D eigenvalue weighted by Crippen LogP contribution is 2.22. The van der Waals surface area contributed by atoms with Crippen LogP contribution in [-0.2, 0) is 16.4 Å². The lowest BCUT2D eigenvalue weighted by atomic mass is 9.98. The number of likely N-dealkylation sites (tertiary alicyclic amines) is 1. The molecule has 140 valence electrons. The fraction of sp³-hybridized carbons (Fsp3) is 0.400. The number of hydrogen-bond acceptors (Lipinski definition) is 4. The van der Waals surface area contributed by atoms with Gasteiger partial charge in [-0.2, -0.15) is 0 Å². The van der Waals surface area contributed by atoms with E-state index in [0.717, 1.165) is 38.0 Å². The van der Waals surface area contributed by atoms with E-state index in [4.69, 9.17) is 4.74 Å². The molecule has 0 aromatic heterocycles. The van der Waals surface area contributed by atoms with Crippen molar-refractivity contribution in [2.45, 2.75) is 24.3 Å². The first-order valence-corrected chi connectivity index (χ1v) is 10.7. The zero-order chi connectivity index (χ0) is 18.6. The number of rotatable bonds is 6. The molecule has 0 spiro atoms. The summed E-state index contributed by atoms with van der Waals surface area (Å²) in [5, 5.41) is 0. The van der Waals surface area contributed by atoms with Crippen molar-refractivity contribution < 1.29 is 17.5 Å². The second kappa shape index (κ2) is 8.18. The zero-order valence-corrected chi connectivity index (χ0v) is 15.7. The van der Waals surface area contributed by atoms with E-state index in [1.165, 1.54) is 12.3 Å². The molecular formula is C20H24FNO3S. The van der Waals surface area contributed by atoms with E-state index in [2.05, 4.69) is 4.90 Å². The third-order valence-electron chi connectivity index (χ3n) is 4.67. The van der Waals surface area contributed by atoms with E-state index in [1.54, 1.807) is 30.3 Å². The summed E-state index contributed by atoms with van der Waals surface area (Å²) in [6, 6.07) is 13.5. The second-order valence-corrected chi connectivity index (χ2v) is 8.92. The summed E-state index contributed by atoms with van der Waals surface area (Å²) in [5.41, 5.74) is 1.09. The molecule has 26 heavy (non-hydrogen) atoms. The smallest absolute Gasteiger partial charge is 0.175 e. The Morgan fingerprint density at radius 2 is 1.88 bits per heavy atom. The molecule has 1 heterocycles. The minimum atomic E-state index is -3.16. The van der Waals surface area contributed by atoms with Gasteiger partial charge in [0.25, 0.3) is 0 Å². The maximum atomic E-state index is 13.6. The number of ether oxygens (including phenoxy) is 1. The average Bonchev–Trinajstić information content (AvgIpc) is 2.61. The van der Waals surface area contributed by atoms with Gasteiger partial charge in [-0.3, -0.25) is 4.90 Å². The molecule has 1 aliphatic heterocycles. The van der Waals surface area contributed by atoms with Gasteiger partial charge in [-0.15, -0.1) is 0 Å². The normalized spacial score (nSPS) is 18.6. The monoisotopic (exact) mass is 377 g/mol. The van der Waals surface area contributed by atoms with E-state index >= 15 is 0 Å². The van der Waals surface area contributed by atoms with Crippen molar-refractivity contribution in [1.29, 1.82) is 0 Å². The molecule has 1 saturated heterocycles. The number of nitrogens with zero attached hydrogens (tertiary/aromatic N) is 1. The minimum Gasteiger partial charge on any atom is -0.490 e. The lowest BCUT2D eigenvalue weighted by Gasteiger charge is -2.32. The van der Waals surface area contributed by atoms with Gasteiger partial charge in [-0.05, 0) is 49.2 Å². The van der Waals surface area contributed by atoms with Crippen molar-refractivity contribution in [1.82, 2.24) is 4.90 Å². The lowest BCUT2D eigenvalue weighted by Crippen LogP contribution is -2.37. The predicted molar refractivity (Wildman–Crippen MR) is 99.4 cm³/mol. The molecule has 0 amide bonds. The number of halogens is 1. The largest absolute Gasteiger partial charge is 0.490 e. The number of hydrogen-bond donors (Lipinski definition) is 0. The highest BCUT2D eigenvalue weighted by molar-refractivity contribution is 7.90. The standard InChI is InChI=1S/C20H24FNO3S/c1-26(23,24)18-10-8-16(9-11-18)13-22-12-4-5-17(14-22)15-25-20-7-3-2-6-19(20)21/h2-3,6-11,17H,4-5,12-15H2,1H3. The first kappa shape index (κ1) is 18.9. The molecule has 1 fully saturated rings. The quantitative estimate of drug-likeness (QED) is 0.773. The van der Waals surface area contributed by atoms with Gasteiger partial charge in [0.15, 0.2) is 21.4 Å². The third-order valence-corrected chi connectivity index (χ3v) is 5.80. The Kier molecular flexibility index (Phi) is 5.94. The lowest BCUT2D eigenvalue weighted by molar-refractivity contribution is 0.123. The Hall–Kier alpha value is -1.92. The van der Waals surface area contributed by atoms with Gasteiger partial charge in [0.1, 0.15) is 0 Å². The Balaban J connectivity index is 1.54. The fourth-order valence-electron chi connectivity index (χ4n) is 3.30. The average molecular weight is 377 g/mol. The first-order chi connectivity index (χ1) is 12.4. The molecule has 1 aliphatic rings. The van der Waals surface area contributed by atoms with Gasteiger partial charge in [0.05, 0.1) is 11.5 Å². The summed E-state index contributed by atoms with van der Waals surface area (Å²) in [5.74, 6) is 0.339. The summed E-state index contributed by atoms with van der Waals surface area (Å²) in [4.78, 5) is 2.69. The van der Waals surface area contributed by atoms with Crippen LogP contribution in [0.1, 0.15) is 18.4 Å². The van der Waals surface area contributed by atoms with Crippen molar-refractivity contribution in [3.05, 3.63) is 59.9 Å². The molecule has 2 aromatic carbocycles. The summed E-state index contributed by atoms with van der Waals surface area (Å²) >= 11 is 0. The van der Waals surface area contributed by atoms with Crippen LogP contribution in [0.3, 0.4) is 0 Å². The molecule has 3 rings (SSSR count). The molecule has 6 heteroatoms. The maximum absolute atomic E-state index is 13.6. The second-order valence-electron chi connectivity index (χ2n) is 6.90. The van der Waals surface area contributed by atoms with Crippen LogP contribution in [0.15, 0.2) is 53.4 Å². The van der Waals surface area contributed by atoms with E-state index in [0.29, 0.717) is 23.2 Å². The maximum Gasteiger partial charge on any atom is 0.175 e. The van der Waals surface area contributed by atoms with E-state index < -0.39 is 9.84 Å². The summed E-state index contributed by atoms with van der Waals surface area (Å²) in [6.07, 6.45) is 3.36. The van der Waals surface area contributed by atoms with Crippen molar-refractivity contribution in [3.63, 3.8) is 0 Å². The van der Waals surface area contributed by atoms with Crippen LogP contribution in [0.4, 0.5) is 4.39 Å². The predicted octanol–water partition coefficient (Wildman–Crippen LogP) is 3.52. The molecule has 0 saturated carbocycles. The van der Waals surface area contributed by atoms with Crippen molar-refractivity contribution in [3.8, 4) is 5.75 Å². The van der Waals surface area contributed by atoms with Gasteiger partial charge in [-0.25, -0.2) is 12.8 Å². The highest BCUT2D eigenvalue weighted by atomic mass is 32.2. The molecule has 2 aromatic rings. The zero-order valence-electron chi connectivity index (χ0n) is 14.9. The van der Waals surface area contributed by atoms with Gasteiger partial charge < -0.3 is 4.74 Å². The molecule has 0 aliphatic carbocycles. The molecule has 1 atom stereocenters. The highest BCUT2D eigenvalue weighted by Gasteiger charge is 2.21. The molecule has 0 radical (unpaired) electrons. The van der Waals surface area contributed by atoms with Crippen LogP contribution in [0.2, 0.25) is 0 Å². The fourth-order valence-corrected chi connectivity index (χ4v) is 3.93. The topological polar surface area (TPSA) is 46.6 Å². The molecule has 0 bridgehead atoms. The third kappa shape index (κ3) is 5.05. The van der Waals surface area contributed by atoms with Crippen LogP contribution in [0, 0.1) is 11.7 Å². The number of benzene rings is 2. The Morgan fingerprint density at radius 1 is 1.15 bits per heavy atom. The number of sulfone groups is 1. The van der Waals surface area contributed by atoms with Crippen LogP contribution in [-0.4, -0.2) is 39.3 Å². The van der Waals surface area contributed by atoms with Crippen LogP contribution in [0.25, 0.3) is 0 Å². The van der Waals surface area contributed by atoms with Crippen molar-refractivity contribution in [2.24, 2.45) is 5.92 Å². The molecule has 0 N–H and O–H groups in total. The van der Waals surface area contributed by atoms with E-state index in [1.807, 2.05) is 12.1 Å². The molecular weight excluding hydrogens is 353 g/mol. The van der Waals surface area contributed by atoms with Gasteiger partial charge in [-0.1, -0.05) is 24.3 Å². The van der Waals surface area contributed by atoms with Crippen LogP contribution >= 0.6 is 0 Å². The SMILES string of the molecule is CS(=O)(=O)c1ccc(CN2CCCC(COc3ccccc3F)C2)cc1. The minimum absolute atomic E-state index is 0.306. The Labute approximate surface area is 154 Å². The first-order valence-electron chi connectivity index (χ1n) is 8.80. The molecule has 4 nitrogen and oxygen atoms in total. The number of piperidine rings is 1. The van der Waals surface area contributed by atoms with E-state index in [-0.39, 0.29) is 5.82 Å². The van der Waals surface area contributed by atoms with Gasteiger partial charge in [0.2, 0.25) is 0 Å². The van der Waals surface area contributed by atoms with Crippen molar-refractivity contribution in [2.75, 3.05) is 26.0 Å². The summed E-state index contributed by atoms with van der Waals surface area (Å²) < 4.78 is 42.4. The number of para-hydroxylation sites is 1. The molecule has 1 unspecified atom stereocenters. The van der Waals surface area contributed by atoms with Crippen LogP contribution in [0.5, 0.6) is 5.75 Å². The summed E-state index contributed by atoms with van der Waals surface area (Å²) in [7, 11) is -3.16. The Bertz CT molecular complexity index is 836. The van der Waals surface area contributed by atoms with Gasteiger partial charge in [0, 0.05) is 25.3 Å². The van der Waals surface area contributed by atoms with Gasteiger partial charge >= 0.3 is 0 Å². The van der Waals surface area contributed by atoms with E-state index in [9.17, 15) is 12.8 Å². The Morgan fingerprint density at radius 3 is 2.58 bits per heavy atom. The van der Waals surface area contributed by atoms with Crippen LogP contribution < -0.4 is 4.74 Å². The van der Waals surface area contributed by atoms with Crippen molar-refractivity contribution >= 4 is 9.84 Å². The summed E-state index contributed by atoms with van der Waals surface area (Å²) in [6.45, 7) is 3.18.